The van der Waals surface area contributed by atoms with Crippen molar-refractivity contribution in [2.45, 2.75) is 207 Å². The minimum atomic E-state index is -0.928. The Morgan fingerprint density at radius 1 is 0.678 bits per heavy atom. The molecule has 3 fully saturated rings. The van der Waals surface area contributed by atoms with E-state index >= 15 is 0 Å². The zero-order valence-electron chi connectivity index (χ0n) is 37.9. The molecule has 1 saturated carbocycles. The number of rotatable bonds is 10. The van der Waals surface area contributed by atoms with Gasteiger partial charge in [-0.1, -0.05) is 83.6 Å². The van der Waals surface area contributed by atoms with Crippen molar-refractivity contribution in [2.24, 2.45) is 11.8 Å². The first-order chi connectivity index (χ1) is 27.9. The maximum Gasteiger partial charge on any atom is 0.410 e. The Labute approximate surface area is 355 Å². The smallest absolute Gasteiger partial charge is 0.410 e. The average molecular weight is 829 g/mol. The Bertz CT molecular complexity index is 1540. The fourth-order valence-electron chi connectivity index (χ4n) is 9.00. The van der Waals surface area contributed by atoms with E-state index < -0.39 is 29.9 Å². The van der Waals surface area contributed by atoms with Crippen molar-refractivity contribution in [3.63, 3.8) is 0 Å². The molecule has 2 heterocycles. The summed E-state index contributed by atoms with van der Waals surface area (Å²) in [6.07, 6.45) is 15.2. The molecule has 0 unspecified atom stereocenters. The Kier molecular flexibility index (Phi) is 20.6. The molecule has 7 atom stereocenters. The number of ether oxygens (including phenoxy) is 2. The van der Waals surface area contributed by atoms with Crippen LogP contribution < -0.4 is 0 Å². The van der Waals surface area contributed by atoms with Gasteiger partial charge in [0.05, 0.1) is 18.2 Å². The van der Waals surface area contributed by atoms with Crippen molar-refractivity contribution < 1.29 is 38.1 Å². The quantitative estimate of drug-likeness (QED) is 0.247. The number of aliphatic hydroxyl groups is 2. The van der Waals surface area contributed by atoms with Gasteiger partial charge in [-0.3, -0.25) is 4.90 Å². The molecule has 2 aromatic rings. The number of halogens is 2. The number of aliphatic hydroxyl groups excluding tert-OH is 2. The fraction of sp³-hybridized carbons (Fsp3) is 0.714. The molecule has 0 bridgehead atoms. The number of carbonyl (C=O) groups is 2. The van der Waals surface area contributed by atoms with Crippen LogP contribution in [-0.4, -0.2) is 68.1 Å². The van der Waals surface area contributed by atoms with E-state index in [1.54, 1.807) is 23.1 Å². The van der Waals surface area contributed by atoms with Crippen LogP contribution in [0, 0.1) is 23.5 Å². The molecule has 2 amide bonds. The van der Waals surface area contributed by atoms with E-state index in [1.165, 1.54) is 56.4 Å². The minimum Gasteiger partial charge on any atom is -0.444 e. The van der Waals surface area contributed by atoms with Gasteiger partial charge in [0, 0.05) is 18.6 Å². The van der Waals surface area contributed by atoms with Crippen molar-refractivity contribution in [1.29, 1.82) is 0 Å². The van der Waals surface area contributed by atoms with Crippen LogP contribution in [0.4, 0.5) is 18.4 Å². The second-order valence-corrected chi connectivity index (χ2v) is 19.0. The van der Waals surface area contributed by atoms with E-state index in [4.69, 9.17) is 9.47 Å². The number of amides is 2. The van der Waals surface area contributed by atoms with E-state index in [2.05, 4.69) is 20.8 Å². The second kappa shape index (κ2) is 24.3. The molecule has 2 aliphatic heterocycles. The van der Waals surface area contributed by atoms with Gasteiger partial charge in [0.25, 0.3) is 0 Å². The summed E-state index contributed by atoms with van der Waals surface area (Å²) in [7, 11) is 0. The van der Waals surface area contributed by atoms with Gasteiger partial charge in [-0.2, -0.15) is 0 Å². The maximum absolute atomic E-state index is 13.6. The van der Waals surface area contributed by atoms with Crippen molar-refractivity contribution in [1.82, 2.24) is 9.80 Å². The highest BCUT2D eigenvalue weighted by molar-refractivity contribution is 5.69. The first-order valence-electron chi connectivity index (χ1n) is 22.7. The van der Waals surface area contributed by atoms with Crippen LogP contribution in [-0.2, 0) is 9.47 Å². The molecule has 1 aliphatic carbocycles. The number of carbonyl (C=O) groups excluding carboxylic acids is 2. The van der Waals surface area contributed by atoms with E-state index in [0.29, 0.717) is 23.9 Å². The molecule has 2 N–H and O–H groups in total. The molecule has 0 aromatic heterocycles. The highest BCUT2D eigenvalue weighted by Crippen LogP contribution is 2.39. The Balaban J connectivity index is 0.000000244. The van der Waals surface area contributed by atoms with Gasteiger partial charge in [-0.05, 0) is 153 Å². The van der Waals surface area contributed by atoms with Gasteiger partial charge in [0.1, 0.15) is 22.8 Å². The molecule has 0 spiro atoms. The summed E-state index contributed by atoms with van der Waals surface area (Å²) in [6.45, 7) is 18.6. The normalized spacial score (nSPS) is 23.4. The van der Waals surface area contributed by atoms with Crippen LogP contribution in [0.25, 0.3) is 0 Å². The summed E-state index contributed by atoms with van der Waals surface area (Å²) in [5, 5.41) is 21.2. The Morgan fingerprint density at radius 3 is 1.76 bits per heavy atom. The van der Waals surface area contributed by atoms with E-state index in [-0.39, 0.29) is 29.4 Å². The number of benzene rings is 2. The van der Waals surface area contributed by atoms with E-state index in [0.717, 1.165) is 82.2 Å². The number of nitrogens with zero attached hydrogens (tertiary/aromatic N) is 2. The zero-order valence-corrected chi connectivity index (χ0v) is 37.9. The third-order valence-corrected chi connectivity index (χ3v) is 11.6. The van der Waals surface area contributed by atoms with Crippen molar-refractivity contribution in [3.05, 3.63) is 71.3 Å². The summed E-state index contributed by atoms with van der Waals surface area (Å²) in [5.41, 5.74) is 0.248. The highest BCUT2D eigenvalue weighted by Gasteiger charge is 2.40. The lowest BCUT2D eigenvalue weighted by Crippen LogP contribution is -2.53. The lowest BCUT2D eigenvalue weighted by atomic mass is 9.76. The summed E-state index contributed by atoms with van der Waals surface area (Å²) < 4.78 is 37.8. The highest BCUT2D eigenvalue weighted by atomic mass is 19.1. The molecule has 0 radical (unpaired) electrons. The summed E-state index contributed by atoms with van der Waals surface area (Å²) in [4.78, 5) is 28.5. The number of likely N-dealkylation sites (tertiary alicyclic amines) is 2. The van der Waals surface area contributed by atoms with Crippen LogP contribution in [0.2, 0.25) is 0 Å². The molecule has 334 valence electrons. The standard InChI is InChI=1S/C20H30FNO3.C16H23FO.C13H25NO2/c1-5-8-16-11-7-12-17(22(16)19(24)25-20(2,3)4)18(23)14-9-6-10-15(21)13-14;1-2-5-12-6-3-7-13(10-12)16(18)14-8-4-9-15(17)11-14;1-5-8-11-9-6-7-10-14(11)12(15)16-13(2,3)4/h6,9-10,13,16-18,23H,5,7-8,11-12H2,1-4H3;4,8-9,11-13,16,18H,2-3,5-7,10H2,1H3;11H,5-10H2,1-4H3/t16-,17+,18-;12-,13-,16+;11-/m000/s1. The molecule has 2 saturated heterocycles. The number of hydrogen-bond donors (Lipinski definition) is 2. The van der Waals surface area contributed by atoms with E-state index in [1.807, 2.05) is 52.5 Å². The average Bonchev–Trinajstić information content (AvgIpc) is 3.17. The van der Waals surface area contributed by atoms with Gasteiger partial charge < -0.3 is 24.6 Å². The monoisotopic (exact) mass is 829 g/mol. The van der Waals surface area contributed by atoms with Gasteiger partial charge in [-0.15, -0.1) is 0 Å². The molecule has 10 heteroatoms. The molecule has 3 aliphatic rings. The van der Waals surface area contributed by atoms with Crippen molar-refractivity contribution in [3.8, 4) is 0 Å². The molecular weight excluding hydrogens is 751 g/mol. The third-order valence-electron chi connectivity index (χ3n) is 11.6. The van der Waals surface area contributed by atoms with Gasteiger partial charge >= 0.3 is 12.2 Å². The first kappa shape index (κ1) is 50.1. The predicted molar refractivity (Wildman–Crippen MR) is 233 cm³/mol. The topological polar surface area (TPSA) is 99.5 Å². The van der Waals surface area contributed by atoms with Crippen LogP contribution in [0.3, 0.4) is 0 Å². The van der Waals surface area contributed by atoms with Crippen LogP contribution in [0.15, 0.2) is 48.5 Å². The number of piperidine rings is 2. The number of hydrogen-bond acceptors (Lipinski definition) is 6. The van der Waals surface area contributed by atoms with Gasteiger partial charge in [-0.25, -0.2) is 18.4 Å². The summed E-state index contributed by atoms with van der Waals surface area (Å²) >= 11 is 0. The third kappa shape index (κ3) is 17.0. The summed E-state index contributed by atoms with van der Waals surface area (Å²) in [6, 6.07) is 12.4. The lowest BCUT2D eigenvalue weighted by molar-refractivity contribution is -0.0368. The molecule has 2 aromatic carbocycles. The lowest BCUT2D eigenvalue weighted by Gasteiger charge is -2.44. The SMILES string of the molecule is CCC[C@H]1CCCCN1C(=O)OC(C)(C)C.CCC[C@H]1CCC[C@H]([C@@H](O)c2cccc(F)c2)C1.CCC[C@H]1CCC[C@H]([C@@H](O)c2cccc(F)c2)N1C(=O)OC(C)(C)C. The van der Waals surface area contributed by atoms with Crippen LogP contribution in [0.1, 0.15) is 188 Å². The maximum atomic E-state index is 13.6. The van der Waals surface area contributed by atoms with Crippen molar-refractivity contribution >= 4 is 12.2 Å². The largest absolute Gasteiger partial charge is 0.444 e. The van der Waals surface area contributed by atoms with Crippen LogP contribution >= 0.6 is 0 Å². The predicted octanol–water partition coefficient (Wildman–Crippen LogP) is 12.9. The Hall–Kier alpha value is -3.24. The Morgan fingerprint density at radius 2 is 1.20 bits per heavy atom. The summed E-state index contributed by atoms with van der Waals surface area (Å²) in [5.74, 6) is 0.405. The molecule has 59 heavy (non-hydrogen) atoms. The van der Waals surface area contributed by atoms with Crippen molar-refractivity contribution in [2.75, 3.05) is 6.54 Å². The zero-order chi connectivity index (χ0) is 43.8. The molecule has 8 nitrogen and oxygen atoms in total. The van der Waals surface area contributed by atoms with Gasteiger partial charge in [0.2, 0.25) is 0 Å². The molecule has 5 rings (SSSR count). The fourth-order valence-corrected chi connectivity index (χ4v) is 9.00. The first-order valence-corrected chi connectivity index (χ1v) is 22.7. The van der Waals surface area contributed by atoms with Gasteiger partial charge in [0.15, 0.2) is 0 Å². The second-order valence-electron chi connectivity index (χ2n) is 19.0. The van der Waals surface area contributed by atoms with Crippen LogP contribution in [0.5, 0.6) is 0 Å². The minimum absolute atomic E-state index is 0.0433. The molecular formula is C49H78F2N2O6. The van der Waals surface area contributed by atoms with E-state index in [9.17, 15) is 28.6 Å².